The van der Waals surface area contributed by atoms with Crippen molar-refractivity contribution in [2.45, 2.75) is 18.9 Å². The second-order valence-electron chi connectivity index (χ2n) is 7.63. The molecule has 5 aromatic rings. The normalized spacial score (nSPS) is 14.0. The van der Waals surface area contributed by atoms with Crippen molar-refractivity contribution in [3.8, 4) is 16.8 Å². The first kappa shape index (κ1) is 17.4. The molecule has 0 spiro atoms. The molecule has 5 nitrogen and oxygen atoms in total. The minimum Gasteiger partial charge on any atom is -0.328 e. The molecular formula is C23H16FN3O2S. The third kappa shape index (κ3) is 2.52. The fourth-order valence-corrected chi connectivity index (χ4v) is 5.01. The standard InChI is InChI=1S/C23H16FN3O2S/c24-18-11-17-19(27(15-7-8-15)23-20(21(17)28)22(29)25-30-23)12-16(18)13-3-5-14(6-4-13)26-9-1-2-10-26/h1-6,9-12,15H,7-8H2,(H,25,29). The number of aromatic amines is 1. The molecule has 0 bridgehead atoms. The smallest absolute Gasteiger partial charge is 0.271 e. The van der Waals surface area contributed by atoms with Crippen LogP contribution in [0.3, 0.4) is 0 Å². The summed E-state index contributed by atoms with van der Waals surface area (Å²) in [7, 11) is 0. The highest BCUT2D eigenvalue weighted by Crippen LogP contribution is 2.40. The van der Waals surface area contributed by atoms with Gasteiger partial charge in [-0.3, -0.25) is 14.0 Å². The third-order valence-corrected chi connectivity index (χ3v) is 6.59. The Bertz CT molecular complexity index is 1540. The number of halogens is 1. The number of aromatic nitrogens is 3. The van der Waals surface area contributed by atoms with Gasteiger partial charge in [-0.1, -0.05) is 12.1 Å². The van der Waals surface area contributed by atoms with Gasteiger partial charge in [0.15, 0.2) is 0 Å². The molecule has 30 heavy (non-hydrogen) atoms. The van der Waals surface area contributed by atoms with E-state index < -0.39 is 16.8 Å². The van der Waals surface area contributed by atoms with Crippen molar-refractivity contribution in [2.75, 3.05) is 0 Å². The van der Waals surface area contributed by atoms with Gasteiger partial charge < -0.3 is 9.13 Å². The van der Waals surface area contributed by atoms with Gasteiger partial charge in [0, 0.05) is 35.1 Å². The van der Waals surface area contributed by atoms with E-state index in [9.17, 15) is 9.59 Å². The van der Waals surface area contributed by atoms with Crippen LogP contribution < -0.4 is 11.0 Å². The van der Waals surface area contributed by atoms with Crippen LogP contribution >= 0.6 is 11.5 Å². The highest BCUT2D eigenvalue weighted by molar-refractivity contribution is 7.12. The Hall–Kier alpha value is -3.45. The van der Waals surface area contributed by atoms with E-state index in [0.717, 1.165) is 24.1 Å². The molecule has 1 aliphatic carbocycles. The van der Waals surface area contributed by atoms with Crippen molar-refractivity contribution >= 4 is 32.7 Å². The summed E-state index contributed by atoms with van der Waals surface area (Å²) in [6, 6.07) is 14.8. The van der Waals surface area contributed by atoms with Crippen LogP contribution in [0.5, 0.6) is 0 Å². The molecule has 0 atom stereocenters. The molecule has 6 rings (SSSR count). The lowest BCUT2D eigenvalue weighted by molar-refractivity contribution is 0.632. The first-order valence-corrected chi connectivity index (χ1v) is 10.6. The van der Waals surface area contributed by atoms with Crippen LogP contribution in [0, 0.1) is 5.82 Å². The van der Waals surface area contributed by atoms with Crippen molar-refractivity contribution < 1.29 is 4.39 Å². The van der Waals surface area contributed by atoms with Crippen molar-refractivity contribution in [3.05, 3.63) is 87.3 Å². The van der Waals surface area contributed by atoms with Crippen LogP contribution in [-0.4, -0.2) is 13.5 Å². The van der Waals surface area contributed by atoms with Gasteiger partial charge >= 0.3 is 0 Å². The monoisotopic (exact) mass is 417 g/mol. The molecule has 148 valence electrons. The molecule has 0 saturated heterocycles. The van der Waals surface area contributed by atoms with Gasteiger partial charge in [0.05, 0.1) is 5.52 Å². The minimum atomic E-state index is -0.471. The second kappa shape index (κ2) is 6.27. The molecule has 1 fully saturated rings. The summed E-state index contributed by atoms with van der Waals surface area (Å²) in [5.41, 5.74) is 2.03. The SMILES string of the molecule is O=c1[nH]sc2c1c(=O)c1cc(F)c(-c3ccc(-n4cccc4)cc3)cc1n2C1CC1. The zero-order valence-corrected chi connectivity index (χ0v) is 16.6. The maximum Gasteiger partial charge on any atom is 0.271 e. The number of benzene rings is 2. The fourth-order valence-electron chi connectivity index (χ4n) is 4.09. The number of rotatable bonds is 3. The van der Waals surface area contributed by atoms with E-state index in [1.165, 1.54) is 17.6 Å². The first-order valence-electron chi connectivity index (χ1n) is 9.74. The maximum absolute atomic E-state index is 15.1. The molecule has 0 radical (unpaired) electrons. The van der Waals surface area contributed by atoms with Crippen LogP contribution in [0.15, 0.2) is 70.5 Å². The van der Waals surface area contributed by atoms with E-state index in [1.807, 2.05) is 57.9 Å². The predicted molar refractivity (Wildman–Crippen MR) is 117 cm³/mol. The van der Waals surface area contributed by atoms with E-state index in [0.29, 0.717) is 15.9 Å². The van der Waals surface area contributed by atoms with Gasteiger partial charge in [0.25, 0.3) is 5.56 Å². The van der Waals surface area contributed by atoms with Gasteiger partial charge in [0.1, 0.15) is 16.0 Å². The number of pyridine rings is 1. The van der Waals surface area contributed by atoms with Crippen LogP contribution in [0.25, 0.3) is 37.9 Å². The molecule has 1 saturated carbocycles. The van der Waals surface area contributed by atoms with Gasteiger partial charge in [-0.25, -0.2) is 4.39 Å². The Morgan fingerprint density at radius 3 is 2.47 bits per heavy atom. The Morgan fingerprint density at radius 2 is 1.77 bits per heavy atom. The number of H-pyrrole nitrogens is 1. The van der Waals surface area contributed by atoms with Crippen LogP contribution in [0.4, 0.5) is 4.39 Å². The number of nitrogens with one attached hydrogen (secondary N) is 1. The Labute approximate surface area is 173 Å². The first-order chi connectivity index (χ1) is 14.6. The summed E-state index contributed by atoms with van der Waals surface area (Å²) >= 11 is 1.17. The number of fused-ring (bicyclic) bond motifs is 2. The zero-order chi connectivity index (χ0) is 20.4. The van der Waals surface area contributed by atoms with Gasteiger partial charge in [-0.15, -0.1) is 0 Å². The van der Waals surface area contributed by atoms with Gasteiger partial charge in [-0.05, 0) is 66.3 Å². The maximum atomic E-state index is 15.1. The Balaban J connectivity index is 1.60. The van der Waals surface area contributed by atoms with Crippen molar-refractivity contribution in [2.24, 2.45) is 0 Å². The van der Waals surface area contributed by atoms with Gasteiger partial charge in [-0.2, -0.15) is 0 Å². The zero-order valence-electron chi connectivity index (χ0n) is 15.8. The molecular weight excluding hydrogens is 401 g/mol. The summed E-state index contributed by atoms with van der Waals surface area (Å²) in [5.74, 6) is -0.471. The van der Waals surface area contributed by atoms with Crippen molar-refractivity contribution in [3.63, 3.8) is 0 Å². The van der Waals surface area contributed by atoms with E-state index in [-0.39, 0.29) is 16.8 Å². The fraction of sp³-hybridized carbons (Fsp3) is 0.130. The third-order valence-electron chi connectivity index (χ3n) is 5.71. The van der Waals surface area contributed by atoms with Crippen molar-refractivity contribution in [1.29, 1.82) is 0 Å². The molecule has 2 aromatic carbocycles. The van der Waals surface area contributed by atoms with E-state index in [4.69, 9.17) is 0 Å². The molecule has 3 aromatic heterocycles. The highest BCUT2D eigenvalue weighted by atomic mass is 32.1. The Kier molecular flexibility index (Phi) is 3.64. The summed E-state index contributed by atoms with van der Waals surface area (Å²) < 4.78 is 21.8. The summed E-state index contributed by atoms with van der Waals surface area (Å²) in [4.78, 5) is 25.8. The number of hydrogen-bond acceptors (Lipinski definition) is 3. The molecule has 0 amide bonds. The summed E-state index contributed by atoms with van der Waals surface area (Å²) in [6.45, 7) is 0. The second-order valence-corrected chi connectivity index (χ2v) is 8.43. The lowest BCUT2D eigenvalue weighted by Crippen LogP contribution is -2.15. The number of hydrogen-bond donors (Lipinski definition) is 1. The molecule has 3 heterocycles. The van der Waals surface area contributed by atoms with Gasteiger partial charge in [0.2, 0.25) is 5.43 Å². The minimum absolute atomic E-state index is 0.127. The van der Waals surface area contributed by atoms with Crippen LogP contribution in [-0.2, 0) is 0 Å². The number of nitrogens with zero attached hydrogens (tertiary/aromatic N) is 2. The van der Waals surface area contributed by atoms with E-state index in [2.05, 4.69) is 4.37 Å². The van der Waals surface area contributed by atoms with E-state index in [1.54, 1.807) is 6.07 Å². The molecule has 1 N–H and O–H groups in total. The largest absolute Gasteiger partial charge is 0.328 e. The quantitative estimate of drug-likeness (QED) is 0.457. The Morgan fingerprint density at radius 1 is 1.03 bits per heavy atom. The molecule has 1 aliphatic rings. The lowest BCUT2D eigenvalue weighted by atomic mass is 10.0. The lowest BCUT2D eigenvalue weighted by Gasteiger charge is -2.14. The van der Waals surface area contributed by atoms with E-state index >= 15 is 4.39 Å². The molecule has 7 heteroatoms. The van der Waals surface area contributed by atoms with Crippen LogP contribution in [0.1, 0.15) is 18.9 Å². The molecule has 0 unspecified atom stereocenters. The summed E-state index contributed by atoms with van der Waals surface area (Å²) in [6.07, 6.45) is 5.87. The van der Waals surface area contributed by atoms with Crippen molar-refractivity contribution in [1.82, 2.24) is 13.5 Å². The van der Waals surface area contributed by atoms with Crippen LogP contribution in [0.2, 0.25) is 0 Å². The average Bonchev–Trinajstić information content (AvgIpc) is 3.28. The highest BCUT2D eigenvalue weighted by Gasteiger charge is 2.29. The average molecular weight is 417 g/mol. The molecule has 0 aliphatic heterocycles. The predicted octanol–water partition coefficient (Wildman–Crippen LogP) is 4.84. The summed E-state index contributed by atoms with van der Waals surface area (Å²) in [5, 5.41) is 0.381. The topological polar surface area (TPSA) is 59.8 Å².